The fraction of sp³-hybridized carbons (Fsp3) is 0.333. The zero-order chi connectivity index (χ0) is 51.8. The summed E-state index contributed by atoms with van der Waals surface area (Å²) in [4.78, 5) is 52.7. The number of benzene rings is 2. The Bertz CT molecular complexity index is 3240. The maximum atomic E-state index is 13.1. The molecule has 10 rings (SSSR count). The van der Waals surface area contributed by atoms with E-state index in [2.05, 4.69) is 30.5 Å². The van der Waals surface area contributed by atoms with Crippen LogP contribution in [-0.2, 0) is 54.7 Å². The predicted octanol–water partition coefficient (Wildman–Crippen LogP) is 7.32. The van der Waals surface area contributed by atoms with Gasteiger partial charge in [0.15, 0.2) is 21.5 Å². The highest BCUT2D eigenvalue weighted by atomic mass is 32.2. The van der Waals surface area contributed by atoms with E-state index in [-0.39, 0.29) is 45.4 Å². The second-order valence-corrected chi connectivity index (χ2v) is 20.3. The van der Waals surface area contributed by atoms with Gasteiger partial charge < -0.3 is 35.1 Å². The van der Waals surface area contributed by atoms with E-state index in [1.807, 2.05) is 11.8 Å². The maximum Gasteiger partial charge on any atom is 0.416 e. The number of alkyl halides is 6. The molecule has 4 aliphatic heterocycles. The lowest BCUT2D eigenvalue weighted by molar-refractivity contribution is -0.611. The van der Waals surface area contributed by atoms with E-state index >= 15 is 0 Å². The predicted molar refractivity (Wildman–Crippen MR) is 257 cm³/mol. The van der Waals surface area contributed by atoms with E-state index in [1.54, 1.807) is 17.8 Å². The van der Waals surface area contributed by atoms with Crippen LogP contribution in [0.4, 0.5) is 49.4 Å². The summed E-state index contributed by atoms with van der Waals surface area (Å²) >= 11 is 1.79. The Balaban J connectivity index is 0.000000180. The third-order valence-corrected chi connectivity index (χ3v) is 14.6. The van der Waals surface area contributed by atoms with Gasteiger partial charge in [-0.3, -0.25) is 14.6 Å². The number of aromatic nitrogens is 6. The second kappa shape index (κ2) is 20.5. The first kappa shape index (κ1) is 51.0. The molecule has 2 fully saturated rings. The minimum absolute atomic E-state index is 0.00709. The van der Waals surface area contributed by atoms with Gasteiger partial charge in [-0.1, -0.05) is 12.1 Å². The lowest BCUT2D eigenvalue weighted by Crippen LogP contribution is -2.37. The summed E-state index contributed by atoms with van der Waals surface area (Å²) in [5, 5.41) is 17.8. The standard InChI is InChI=1S/C24H22F3N5O5S.C24H22F3N5O2S/c1-14-18(10-17(11-32(14)34)28-23(33)15-3-2-4-16(9-15)24(25,26)27)21-29-20-13-38(35,36)12-19(20)22(30-21)31-5-7-37-8-6-31;1-14-18(21-30-20-13-35-12-19(20)22(31-21)32-5-7-34-8-6-32)10-17(11-28-14)29-23(33)15-3-2-4-16(9-15)24(25,26)27/h2-4,9-11H,5-8,12-13H2,1H3,(H,28,33);2-4,9-11H,5-8,12-13H2,1H3,(H,29,33). The molecule has 8 heterocycles. The first-order valence-electron chi connectivity index (χ1n) is 22.6. The van der Waals surface area contributed by atoms with E-state index in [1.165, 1.54) is 37.4 Å². The molecule has 2 amide bonds. The lowest BCUT2D eigenvalue weighted by Gasteiger charge is -2.29. The molecule has 2 saturated heterocycles. The summed E-state index contributed by atoms with van der Waals surface area (Å²) in [6, 6.07) is 11.4. The Hall–Kier alpha value is -6.96. The molecule has 0 atom stereocenters. The first-order valence-corrected chi connectivity index (χ1v) is 25.6. The maximum absolute atomic E-state index is 13.1. The molecular weight excluding hydrogens is 1010 g/mol. The average molecular weight is 1050 g/mol. The van der Waals surface area contributed by atoms with Gasteiger partial charge in [0.05, 0.1) is 77.9 Å². The summed E-state index contributed by atoms with van der Waals surface area (Å²) in [7, 11) is -3.42. The SMILES string of the molecule is Cc1c(-c2nc3c(c(N4CCOCC4)n2)CS(=O)(=O)C3)cc(NC(=O)c2cccc(C(F)(F)F)c2)c[n+]1[O-].Cc1ncc(NC(=O)c2cccc(C(F)(F)F)c2)cc1-c1nc2c(c(N3CCOCC3)n1)CSC2. The molecule has 4 aromatic heterocycles. The van der Waals surface area contributed by atoms with Crippen LogP contribution in [0.3, 0.4) is 0 Å². The molecule has 0 saturated carbocycles. The van der Waals surface area contributed by atoms with Crippen LogP contribution in [-0.4, -0.2) is 97.8 Å². The Morgan fingerprint density at radius 2 is 1.21 bits per heavy atom. The van der Waals surface area contributed by atoms with E-state index in [9.17, 15) is 49.6 Å². The van der Waals surface area contributed by atoms with Crippen LogP contribution < -0.4 is 25.2 Å². The number of morpholine rings is 2. The number of anilines is 4. The van der Waals surface area contributed by atoms with Gasteiger partial charge in [-0.25, -0.2) is 28.4 Å². The number of fused-ring (bicyclic) bond motifs is 2. The molecule has 17 nitrogen and oxygen atoms in total. The smallest absolute Gasteiger partial charge is 0.416 e. The molecule has 2 aromatic carbocycles. The minimum atomic E-state index is -4.62. The third-order valence-electron chi connectivity index (χ3n) is 12.2. The molecule has 6 aromatic rings. The zero-order valence-corrected chi connectivity index (χ0v) is 40.6. The van der Waals surface area contributed by atoms with Crippen molar-refractivity contribution >= 4 is 56.4 Å². The Labute approximate surface area is 417 Å². The number of thioether (sulfide) groups is 1. The molecule has 0 bridgehead atoms. The number of amides is 2. The van der Waals surface area contributed by atoms with Crippen molar-refractivity contribution in [3.8, 4) is 22.8 Å². The van der Waals surface area contributed by atoms with E-state index in [0.29, 0.717) is 90.2 Å². The topological polar surface area (TPSA) is 209 Å². The number of hydrogen-bond donors (Lipinski definition) is 2. The van der Waals surface area contributed by atoms with Gasteiger partial charge in [0.1, 0.15) is 17.3 Å². The largest absolute Gasteiger partial charge is 0.618 e. The number of carbonyl (C=O) groups excluding carboxylic acids is 2. The molecule has 73 heavy (non-hydrogen) atoms. The van der Waals surface area contributed by atoms with Crippen LogP contribution in [0, 0.1) is 19.1 Å². The fourth-order valence-electron chi connectivity index (χ4n) is 8.45. The quantitative estimate of drug-likeness (QED) is 0.0870. The van der Waals surface area contributed by atoms with Gasteiger partial charge in [0.25, 0.3) is 11.8 Å². The van der Waals surface area contributed by atoms with Gasteiger partial charge in [-0.05, 0) is 55.5 Å². The van der Waals surface area contributed by atoms with Crippen molar-refractivity contribution in [1.29, 1.82) is 0 Å². The number of halogens is 6. The van der Waals surface area contributed by atoms with Crippen molar-refractivity contribution in [2.24, 2.45) is 0 Å². The zero-order valence-electron chi connectivity index (χ0n) is 38.9. The highest BCUT2D eigenvalue weighted by Crippen LogP contribution is 2.38. The Morgan fingerprint density at radius 1 is 0.685 bits per heavy atom. The van der Waals surface area contributed by atoms with Crippen molar-refractivity contribution in [2.75, 3.05) is 73.0 Å². The molecule has 4 aliphatic rings. The minimum Gasteiger partial charge on any atom is -0.618 e. The summed E-state index contributed by atoms with van der Waals surface area (Å²) in [6.45, 7) is 7.99. The summed E-state index contributed by atoms with van der Waals surface area (Å²) < 4.78 is 114. The number of sulfone groups is 1. The van der Waals surface area contributed by atoms with Crippen molar-refractivity contribution in [2.45, 2.75) is 49.2 Å². The van der Waals surface area contributed by atoms with Gasteiger partial charge >= 0.3 is 12.4 Å². The van der Waals surface area contributed by atoms with Crippen LogP contribution in [0.1, 0.15) is 65.7 Å². The van der Waals surface area contributed by atoms with Gasteiger partial charge in [0, 0.05) is 78.1 Å². The number of nitrogens with zero attached hydrogens (tertiary/aromatic N) is 8. The molecule has 0 unspecified atom stereocenters. The van der Waals surface area contributed by atoms with E-state index < -0.39 is 45.1 Å². The monoisotopic (exact) mass is 1050 g/mol. The van der Waals surface area contributed by atoms with Crippen LogP contribution in [0.25, 0.3) is 22.8 Å². The van der Waals surface area contributed by atoms with Crippen molar-refractivity contribution in [3.05, 3.63) is 134 Å². The van der Waals surface area contributed by atoms with Crippen molar-refractivity contribution < 1.29 is 58.6 Å². The Kier molecular flexibility index (Phi) is 14.3. The van der Waals surface area contributed by atoms with Gasteiger partial charge in [0.2, 0.25) is 11.9 Å². The number of rotatable bonds is 8. The number of nitrogens with one attached hydrogen (secondary N) is 2. The van der Waals surface area contributed by atoms with Crippen LogP contribution >= 0.6 is 11.8 Å². The Morgan fingerprint density at radius 3 is 1.78 bits per heavy atom. The molecule has 0 spiro atoms. The van der Waals surface area contributed by atoms with Crippen molar-refractivity contribution in [3.63, 3.8) is 0 Å². The van der Waals surface area contributed by atoms with Crippen LogP contribution in [0.15, 0.2) is 73.1 Å². The van der Waals surface area contributed by atoms with Crippen molar-refractivity contribution in [1.82, 2.24) is 24.9 Å². The molecule has 0 aliphatic carbocycles. The highest BCUT2D eigenvalue weighted by Gasteiger charge is 2.35. The van der Waals surface area contributed by atoms with Crippen LogP contribution in [0.5, 0.6) is 0 Å². The average Bonchev–Trinajstić information content (AvgIpc) is 3.98. The fourth-order valence-corrected chi connectivity index (χ4v) is 11.0. The summed E-state index contributed by atoms with van der Waals surface area (Å²) in [5.74, 6) is 1.63. The van der Waals surface area contributed by atoms with E-state index in [0.717, 1.165) is 72.1 Å². The van der Waals surface area contributed by atoms with E-state index in [4.69, 9.17) is 19.4 Å². The molecular formula is C48H44F6N10O7S2. The number of pyridine rings is 2. The second-order valence-electron chi connectivity index (χ2n) is 17.3. The summed E-state index contributed by atoms with van der Waals surface area (Å²) in [5.41, 5.74) is 2.89. The normalized spacial score (nSPS) is 16.3. The summed E-state index contributed by atoms with van der Waals surface area (Å²) in [6.07, 6.45) is -6.61. The number of aryl methyl sites for hydroxylation is 1. The number of carbonyl (C=O) groups is 2. The third kappa shape index (κ3) is 11.5. The molecule has 382 valence electrons. The first-order chi connectivity index (χ1) is 34.7. The molecule has 0 radical (unpaired) electrons. The molecule has 2 N–H and O–H groups in total. The molecule has 25 heteroatoms. The lowest BCUT2D eigenvalue weighted by atomic mass is 10.1. The van der Waals surface area contributed by atoms with Gasteiger partial charge in [-0.2, -0.15) is 42.8 Å². The highest BCUT2D eigenvalue weighted by molar-refractivity contribution is 7.98. The number of ether oxygens (including phenoxy) is 2. The van der Waals surface area contributed by atoms with Gasteiger partial charge in [-0.15, -0.1) is 0 Å². The van der Waals surface area contributed by atoms with Crippen LogP contribution in [0.2, 0.25) is 0 Å². The number of hydrogen-bond acceptors (Lipinski definition) is 15.